The molecule has 0 saturated heterocycles. The van der Waals surface area contributed by atoms with Gasteiger partial charge in [-0.1, -0.05) is 12.1 Å². The number of ether oxygens (including phenoxy) is 1. The summed E-state index contributed by atoms with van der Waals surface area (Å²) in [6.07, 6.45) is 2.70. The third kappa shape index (κ3) is 2.54. The lowest BCUT2D eigenvalue weighted by atomic mass is 10.1. The molecule has 0 radical (unpaired) electrons. The van der Waals surface area contributed by atoms with Gasteiger partial charge in [0.1, 0.15) is 0 Å². The minimum Gasteiger partial charge on any atom is -0.385 e. The van der Waals surface area contributed by atoms with E-state index in [0.29, 0.717) is 13.2 Å². The number of H-pyrrole nitrogens is 1. The molecule has 4 heteroatoms. The molecule has 1 heterocycles. The molecule has 0 unspecified atom stereocenters. The van der Waals surface area contributed by atoms with Gasteiger partial charge < -0.3 is 14.6 Å². The molecule has 0 atom stereocenters. The Hall–Kier alpha value is -1.81. The largest absolute Gasteiger partial charge is 0.385 e. The number of para-hydroxylation sites is 1. The second kappa shape index (κ2) is 5.69. The molecule has 0 saturated carbocycles. The molecule has 0 spiro atoms. The fourth-order valence-corrected chi connectivity index (χ4v) is 2.02. The Bertz CT molecular complexity index is 533. The average molecular weight is 246 g/mol. The van der Waals surface area contributed by atoms with Crippen LogP contribution in [0.4, 0.5) is 0 Å². The van der Waals surface area contributed by atoms with Crippen molar-refractivity contribution in [2.24, 2.45) is 0 Å². The molecule has 96 valence electrons. The lowest BCUT2D eigenvalue weighted by Crippen LogP contribution is -2.28. The van der Waals surface area contributed by atoms with Crippen LogP contribution in [0, 0.1) is 0 Å². The molecular weight excluding hydrogens is 228 g/mol. The van der Waals surface area contributed by atoms with Gasteiger partial charge >= 0.3 is 0 Å². The Balaban J connectivity index is 2.15. The van der Waals surface area contributed by atoms with Crippen LogP contribution in [0.15, 0.2) is 30.5 Å². The summed E-state index contributed by atoms with van der Waals surface area (Å²) in [5, 5.41) is 1.06. The van der Waals surface area contributed by atoms with Crippen molar-refractivity contribution in [2.75, 3.05) is 27.3 Å². The van der Waals surface area contributed by atoms with Crippen LogP contribution in [0.2, 0.25) is 0 Å². The van der Waals surface area contributed by atoms with Gasteiger partial charge in [-0.2, -0.15) is 0 Å². The first kappa shape index (κ1) is 12.6. The van der Waals surface area contributed by atoms with E-state index in [1.807, 2.05) is 37.5 Å². The van der Waals surface area contributed by atoms with Crippen molar-refractivity contribution in [3.63, 3.8) is 0 Å². The van der Waals surface area contributed by atoms with Crippen molar-refractivity contribution < 1.29 is 9.53 Å². The van der Waals surface area contributed by atoms with Crippen LogP contribution in [0.3, 0.4) is 0 Å². The highest BCUT2D eigenvalue weighted by Gasteiger charge is 2.14. The van der Waals surface area contributed by atoms with Gasteiger partial charge in [0.15, 0.2) is 0 Å². The van der Waals surface area contributed by atoms with Crippen molar-refractivity contribution >= 4 is 16.8 Å². The quantitative estimate of drug-likeness (QED) is 0.823. The summed E-state index contributed by atoms with van der Waals surface area (Å²) >= 11 is 0. The minimum absolute atomic E-state index is 0.0409. The summed E-state index contributed by atoms with van der Waals surface area (Å²) in [6, 6.07) is 7.73. The summed E-state index contributed by atoms with van der Waals surface area (Å²) in [4.78, 5) is 17.2. The third-order valence-corrected chi connectivity index (χ3v) is 3.01. The maximum absolute atomic E-state index is 12.3. The number of methoxy groups -OCH3 is 1. The van der Waals surface area contributed by atoms with Crippen molar-refractivity contribution in [3.05, 3.63) is 36.0 Å². The molecule has 2 rings (SSSR count). The molecule has 1 N–H and O–H groups in total. The summed E-state index contributed by atoms with van der Waals surface area (Å²) in [5.41, 5.74) is 1.62. The second-order valence-corrected chi connectivity index (χ2v) is 4.32. The van der Waals surface area contributed by atoms with E-state index in [1.165, 1.54) is 0 Å². The van der Waals surface area contributed by atoms with Gasteiger partial charge in [0.25, 0.3) is 5.91 Å². The number of nitrogens with one attached hydrogen (secondary N) is 1. The molecule has 0 aliphatic rings. The first-order valence-electron chi connectivity index (χ1n) is 6.04. The number of aromatic nitrogens is 1. The summed E-state index contributed by atoms with van der Waals surface area (Å²) < 4.78 is 4.99. The summed E-state index contributed by atoms with van der Waals surface area (Å²) in [6.45, 7) is 1.37. The minimum atomic E-state index is 0.0409. The van der Waals surface area contributed by atoms with E-state index >= 15 is 0 Å². The van der Waals surface area contributed by atoms with Crippen molar-refractivity contribution in [2.45, 2.75) is 6.42 Å². The molecule has 0 aliphatic heterocycles. The van der Waals surface area contributed by atoms with Gasteiger partial charge in [-0.05, 0) is 18.6 Å². The highest BCUT2D eigenvalue weighted by atomic mass is 16.5. The van der Waals surface area contributed by atoms with Crippen LogP contribution in [-0.2, 0) is 4.74 Å². The molecule has 0 fully saturated rings. The van der Waals surface area contributed by atoms with E-state index in [9.17, 15) is 4.79 Å². The Labute approximate surface area is 107 Å². The smallest absolute Gasteiger partial charge is 0.255 e. The maximum Gasteiger partial charge on any atom is 0.255 e. The van der Waals surface area contributed by atoms with Gasteiger partial charge in [0, 0.05) is 38.9 Å². The monoisotopic (exact) mass is 246 g/mol. The number of rotatable bonds is 5. The topological polar surface area (TPSA) is 45.3 Å². The first-order valence-corrected chi connectivity index (χ1v) is 6.04. The van der Waals surface area contributed by atoms with E-state index in [-0.39, 0.29) is 5.91 Å². The average Bonchev–Trinajstić information content (AvgIpc) is 2.86. The van der Waals surface area contributed by atoms with Crippen LogP contribution in [0.25, 0.3) is 10.9 Å². The van der Waals surface area contributed by atoms with Gasteiger partial charge in [-0.15, -0.1) is 0 Å². The number of fused-ring (bicyclic) bond motifs is 1. The number of carbonyl (C=O) groups excluding carboxylic acids is 1. The number of hydrogen-bond donors (Lipinski definition) is 1. The highest BCUT2D eigenvalue weighted by molar-refractivity contribution is 6.05. The standard InChI is InChI=1S/C14H18N2O2/c1-16(9-4-10-18-2)14(17)12-6-3-5-11-7-8-15-13(11)12/h3,5-8,15H,4,9-10H2,1-2H3. The van der Waals surface area contributed by atoms with E-state index < -0.39 is 0 Å². The predicted octanol–water partition coefficient (Wildman–Crippen LogP) is 2.28. The van der Waals surface area contributed by atoms with E-state index in [0.717, 1.165) is 22.9 Å². The van der Waals surface area contributed by atoms with Gasteiger partial charge in [-0.3, -0.25) is 4.79 Å². The maximum atomic E-state index is 12.3. The van der Waals surface area contributed by atoms with Crippen LogP contribution in [0.5, 0.6) is 0 Å². The van der Waals surface area contributed by atoms with E-state index in [2.05, 4.69) is 4.98 Å². The Morgan fingerprint density at radius 2 is 2.22 bits per heavy atom. The summed E-state index contributed by atoms with van der Waals surface area (Å²) in [7, 11) is 3.49. The van der Waals surface area contributed by atoms with Crippen molar-refractivity contribution in [1.29, 1.82) is 0 Å². The number of hydrogen-bond acceptors (Lipinski definition) is 2. The zero-order chi connectivity index (χ0) is 13.0. The zero-order valence-electron chi connectivity index (χ0n) is 10.8. The number of nitrogens with zero attached hydrogens (tertiary/aromatic N) is 1. The van der Waals surface area contributed by atoms with E-state index in [4.69, 9.17) is 4.74 Å². The molecule has 18 heavy (non-hydrogen) atoms. The molecule has 2 aromatic rings. The molecule has 1 aromatic heterocycles. The summed E-state index contributed by atoms with van der Waals surface area (Å²) in [5.74, 6) is 0.0409. The normalized spacial score (nSPS) is 10.8. The Morgan fingerprint density at radius 3 is 3.00 bits per heavy atom. The number of benzene rings is 1. The second-order valence-electron chi connectivity index (χ2n) is 4.32. The Kier molecular flexibility index (Phi) is 3.99. The van der Waals surface area contributed by atoms with Crippen molar-refractivity contribution in [1.82, 2.24) is 9.88 Å². The number of carbonyl (C=O) groups is 1. The predicted molar refractivity (Wildman–Crippen MR) is 71.8 cm³/mol. The van der Waals surface area contributed by atoms with Gasteiger partial charge in [-0.25, -0.2) is 0 Å². The fraction of sp³-hybridized carbons (Fsp3) is 0.357. The molecule has 0 aliphatic carbocycles. The zero-order valence-corrected chi connectivity index (χ0v) is 10.8. The fourth-order valence-electron chi connectivity index (χ4n) is 2.02. The SMILES string of the molecule is COCCCN(C)C(=O)c1cccc2cc[nH]c12. The van der Waals surface area contributed by atoms with E-state index in [1.54, 1.807) is 12.0 Å². The van der Waals surface area contributed by atoms with Crippen LogP contribution in [-0.4, -0.2) is 43.1 Å². The molecule has 4 nitrogen and oxygen atoms in total. The first-order chi connectivity index (χ1) is 8.74. The van der Waals surface area contributed by atoms with Gasteiger partial charge in [0.05, 0.1) is 11.1 Å². The van der Waals surface area contributed by atoms with Crippen LogP contribution >= 0.6 is 0 Å². The highest BCUT2D eigenvalue weighted by Crippen LogP contribution is 2.18. The number of amides is 1. The third-order valence-electron chi connectivity index (χ3n) is 3.01. The molecular formula is C14H18N2O2. The lowest BCUT2D eigenvalue weighted by molar-refractivity contribution is 0.0781. The molecule has 1 aromatic carbocycles. The van der Waals surface area contributed by atoms with Crippen LogP contribution < -0.4 is 0 Å². The molecule has 1 amide bonds. The van der Waals surface area contributed by atoms with Crippen molar-refractivity contribution in [3.8, 4) is 0 Å². The van der Waals surface area contributed by atoms with Crippen LogP contribution in [0.1, 0.15) is 16.8 Å². The molecule has 0 bridgehead atoms. The van der Waals surface area contributed by atoms with Gasteiger partial charge in [0.2, 0.25) is 0 Å². The lowest BCUT2D eigenvalue weighted by Gasteiger charge is -2.17. The Morgan fingerprint density at radius 1 is 1.39 bits per heavy atom. The number of aromatic amines is 1.